The molecule has 18 heavy (non-hydrogen) atoms. The molecule has 0 atom stereocenters. The molecule has 0 aliphatic heterocycles. The largest absolute Gasteiger partial charge is 0.481 e. The molecule has 0 spiro atoms. The fourth-order valence-corrected chi connectivity index (χ4v) is 2.16. The van der Waals surface area contributed by atoms with Crippen LogP contribution in [0.3, 0.4) is 0 Å². The summed E-state index contributed by atoms with van der Waals surface area (Å²) in [4.78, 5) is 11.3. The summed E-state index contributed by atoms with van der Waals surface area (Å²) < 4.78 is 0. The van der Waals surface area contributed by atoms with Gasteiger partial charge in [-0.15, -0.1) is 0 Å². The number of nitrogens with one attached hydrogen (secondary N) is 1. The molecule has 0 aliphatic carbocycles. The maximum Gasteiger partial charge on any atom is 0.310 e. The highest BCUT2D eigenvalue weighted by Crippen LogP contribution is 2.26. The zero-order valence-electron chi connectivity index (χ0n) is 10.9. The van der Waals surface area contributed by atoms with Gasteiger partial charge in [-0.2, -0.15) is 0 Å². The molecule has 0 unspecified atom stereocenters. The quantitative estimate of drug-likeness (QED) is 0.798. The first-order valence-corrected chi connectivity index (χ1v) is 6.61. The zero-order chi connectivity index (χ0) is 13.6. The third kappa shape index (κ3) is 3.47. The van der Waals surface area contributed by atoms with Gasteiger partial charge in [0.05, 0.1) is 5.41 Å². The number of hydrogen-bond donors (Lipinski definition) is 2. The number of aliphatic carboxylic acids is 1. The predicted octanol–water partition coefficient (Wildman–Crippen LogP) is 3.32. The second-order valence-corrected chi connectivity index (χ2v) is 4.89. The fraction of sp³-hybridized carbons (Fsp3) is 0.500. The van der Waals surface area contributed by atoms with Gasteiger partial charge in [0, 0.05) is 18.1 Å². The number of carboxylic acids is 1. The highest BCUT2D eigenvalue weighted by molar-refractivity contribution is 6.31. The van der Waals surface area contributed by atoms with Gasteiger partial charge in [0.15, 0.2) is 0 Å². The molecule has 1 rings (SSSR count). The van der Waals surface area contributed by atoms with Crippen LogP contribution in [0.2, 0.25) is 5.02 Å². The van der Waals surface area contributed by atoms with Crippen molar-refractivity contribution in [1.29, 1.82) is 0 Å². The third-order valence-corrected chi connectivity index (χ3v) is 3.91. The molecule has 4 heteroatoms. The molecule has 0 aromatic heterocycles. The van der Waals surface area contributed by atoms with Crippen LogP contribution in [0.4, 0.5) is 0 Å². The molecule has 0 saturated heterocycles. The molecule has 1 aromatic rings. The van der Waals surface area contributed by atoms with Gasteiger partial charge in [-0.25, -0.2) is 0 Å². The lowest BCUT2D eigenvalue weighted by molar-refractivity contribution is -0.149. The Hall–Kier alpha value is -1.06. The smallest absolute Gasteiger partial charge is 0.310 e. The lowest BCUT2D eigenvalue weighted by Crippen LogP contribution is -2.40. The predicted molar refractivity (Wildman–Crippen MR) is 73.8 cm³/mol. The zero-order valence-corrected chi connectivity index (χ0v) is 11.6. The van der Waals surface area contributed by atoms with E-state index in [9.17, 15) is 9.90 Å². The standard InChI is InChI=1S/C14H20ClNO2/c1-3-14(4-2,13(17)18)10-16-9-11-7-5-6-8-12(11)15/h5-8,16H,3-4,9-10H2,1-2H3,(H,17,18). The molecule has 0 aliphatic rings. The Morgan fingerprint density at radius 1 is 1.33 bits per heavy atom. The minimum Gasteiger partial charge on any atom is -0.481 e. The average molecular weight is 270 g/mol. The number of benzene rings is 1. The minimum atomic E-state index is -0.737. The summed E-state index contributed by atoms with van der Waals surface area (Å²) >= 11 is 6.05. The maximum atomic E-state index is 11.3. The van der Waals surface area contributed by atoms with E-state index in [1.165, 1.54) is 0 Å². The first-order valence-electron chi connectivity index (χ1n) is 6.23. The van der Waals surface area contributed by atoms with Crippen molar-refractivity contribution >= 4 is 17.6 Å². The first kappa shape index (κ1) is 15.0. The van der Waals surface area contributed by atoms with Gasteiger partial charge in [-0.1, -0.05) is 43.6 Å². The van der Waals surface area contributed by atoms with Gasteiger partial charge in [0.1, 0.15) is 0 Å². The minimum absolute atomic E-state index is 0.459. The van der Waals surface area contributed by atoms with Crippen molar-refractivity contribution in [3.8, 4) is 0 Å². The van der Waals surface area contributed by atoms with Crippen LogP contribution in [-0.2, 0) is 11.3 Å². The van der Waals surface area contributed by atoms with Gasteiger partial charge in [0.2, 0.25) is 0 Å². The Morgan fingerprint density at radius 3 is 2.44 bits per heavy atom. The van der Waals surface area contributed by atoms with E-state index in [1.807, 2.05) is 38.1 Å². The Labute approximate surface area is 113 Å². The first-order chi connectivity index (χ1) is 8.55. The second kappa shape index (κ2) is 6.76. The van der Waals surface area contributed by atoms with Crippen LogP contribution in [-0.4, -0.2) is 17.6 Å². The van der Waals surface area contributed by atoms with Gasteiger partial charge >= 0.3 is 5.97 Å². The second-order valence-electron chi connectivity index (χ2n) is 4.49. The van der Waals surface area contributed by atoms with E-state index in [2.05, 4.69) is 5.32 Å². The molecule has 1 aromatic carbocycles. The molecule has 3 nitrogen and oxygen atoms in total. The lowest BCUT2D eigenvalue weighted by Gasteiger charge is -2.27. The third-order valence-electron chi connectivity index (χ3n) is 3.54. The highest BCUT2D eigenvalue weighted by Gasteiger charge is 2.34. The van der Waals surface area contributed by atoms with E-state index in [1.54, 1.807) is 0 Å². The van der Waals surface area contributed by atoms with Crippen molar-refractivity contribution in [2.45, 2.75) is 33.2 Å². The van der Waals surface area contributed by atoms with Crippen LogP contribution in [0.25, 0.3) is 0 Å². The Balaban J connectivity index is 2.60. The molecule has 0 saturated carbocycles. The number of carbonyl (C=O) groups is 1. The summed E-state index contributed by atoms with van der Waals surface area (Å²) in [7, 11) is 0. The van der Waals surface area contributed by atoms with E-state index in [-0.39, 0.29) is 0 Å². The van der Waals surface area contributed by atoms with Crippen molar-refractivity contribution < 1.29 is 9.90 Å². The summed E-state index contributed by atoms with van der Waals surface area (Å²) in [5.74, 6) is -0.737. The molecular weight excluding hydrogens is 250 g/mol. The normalized spacial score (nSPS) is 11.5. The SMILES string of the molecule is CCC(CC)(CNCc1ccccc1Cl)C(=O)O. The van der Waals surface area contributed by atoms with Crippen molar-refractivity contribution in [2.24, 2.45) is 5.41 Å². The average Bonchev–Trinajstić information content (AvgIpc) is 2.37. The van der Waals surface area contributed by atoms with E-state index in [0.717, 1.165) is 5.56 Å². The van der Waals surface area contributed by atoms with Crippen molar-refractivity contribution in [3.05, 3.63) is 34.9 Å². The number of hydrogen-bond acceptors (Lipinski definition) is 2. The van der Waals surface area contributed by atoms with Crippen molar-refractivity contribution in [1.82, 2.24) is 5.32 Å². The maximum absolute atomic E-state index is 11.3. The van der Waals surface area contributed by atoms with E-state index >= 15 is 0 Å². The summed E-state index contributed by atoms with van der Waals surface area (Å²) in [5.41, 5.74) is 0.312. The van der Waals surface area contributed by atoms with E-state index in [0.29, 0.717) is 31.0 Å². The van der Waals surface area contributed by atoms with Crippen LogP contribution in [0, 0.1) is 5.41 Å². The van der Waals surface area contributed by atoms with E-state index in [4.69, 9.17) is 11.6 Å². The molecular formula is C14H20ClNO2. The van der Waals surface area contributed by atoms with Crippen LogP contribution >= 0.6 is 11.6 Å². The lowest BCUT2D eigenvalue weighted by atomic mass is 9.82. The summed E-state index contributed by atoms with van der Waals surface area (Å²) in [5, 5.41) is 13.2. The number of halogens is 1. The van der Waals surface area contributed by atoms with Gasteiger partial charge in [-0.05, 0) is 24.5 Å². The molecule has 100 valence electrons. The van der Waals surface area contributed by atoms with Gasteiger partial charge in [-0.3, -0.25) is 4.79 Å². The van der Waals surface area contributed by atoms with Crippen LogP contribution in [0.1, 0.15) is 32.3 Å². The fourth-order valence-electron chi connectivity index (χ4n) is 1.96. The molecule has 0 radical (unpaired) electrons. The van der Waals surface area contributed by atoms with Crippen molar-refractivity contribution in [2.75, 3.05) is 6.54 Å². The monoisotopic (exact) mass is 269 g/mol. The van der Waals surface area contributed by atoms with Gasteiger partial charge in [0.25, 0.3) is 0 Å². The molecule has 0 heterocycles. The number of rotatable bonds is 7. The molecule has 2 N–H and O–H groups in total. The summed E-state index contributed by atoms with van der Waals surface area (Å²) in [6, 6.07) is 7.58. The van der Waals surface area contributed by atoms with Crippen LogP contribution in [0.15, 0.2) is 24.3 Å². The Morgan fingerprint density at radius 2 is 1.94 bits per heavy atom. The van der Waals surface area contributed by atoms with Gasteiger partial charge < -0.3 is 10.4 Å². The molecule has 0 fully saturated rings. The Kier molecular flexibility index (Phi) is 5.63. The highest BCUT2D eigenvalue weighted by atomic mass is 35.5. The van der Waals surface area contributed by atoms with Crippen LogP contribution < -0.4 is 5.32 Å². The van der Waals surface area contributed by atoms with Crippen LogP contribution in [0.5, 0.6) is 0 Å². The topological polar surface area (TPSA) is 49.3 Å². The molecule has 0 amide bonds. The summed E-state index contributed by atoms with van der Waals surface area (Å²) in [6.07, 6.45) is 1.24. The molecule has 0 bridgehead atoms. The van der Waals surface area contributed by atoms with Crippen molar-refractivity contribution in [3.63, 3.8) is 0 Å². The summed E-state index contributed by atoms with van der Waals surface area (Å²) in [6.45, 7) is 4.87. The van der Waals surface area contributed by atoms with E-state index < -0.39 is 11.4 Å². The number of carboxylic acid groups (broad SMARTS) is 1. The Bertz CT molecular complexity index is 403.